The van der Waals surface area contributed by atoms with E-state index >= 15 is 0 Å². The smallest absolute Gasteiger partial charge is 0.255 e. The summed E-state index contributed by atoms with van der Waals surface area (Å²) in [5.41, 5.74) is 3.58. The Bertz CT molecular complexity index is 1100. The van der Waals surface area contributed by atoms with Crippen molar-refractivity contribution in [3.05, 3.63) is 54.1 Å². The molecule has 0 saturated heterocycles. The molecule has 4 heterocycles. The van der Waals surface area contributed by atoms with Gasteiger partial charge in [-0.05, 0) is 32.0 Å². The van der Waals surface area contributed by atoms with Crippen LogP contribution in [-0.4, -0.2) is 63.7 Å². The van der Waals surface area contributed by atoms with Crippen molar-refractivity contribution in [2.45, 2.75) is 19.9 Å². The molecule has 1 unspecified atom stereocenters. The monoisotopic (exact) mass is 419 g/mol. The van der Waals surface area contributed by atoms with Gasteiger partial charge in [-0.2, -0.15) is 0 Å². The van der Waals surface area contributed by atoms with Crippen molar-refractivity contribution in [3.8, 4) is 11.5 Å². The SMILES string of the molecule is Cc1cccc(-c2ncc3c(n2)N(c2ccncc2C(=O)NC(C)CO)CCN3C)n1. The van der Waals surface area contributed by atoms with Crippen LogP contribution < -0.4 is 15.1 Å². The molecule has 0 saturated carbocycles. The third kappa shape index (κ3) is 4.17. The molecule has 9 nitrogen and oxygen atoms in total. The van der Waals surface area contributed by atoms with Crippen molar-refractivity contribution in [3.63, 3.8) is 0 Å². The highest BCUT2D eigenvalue weighted by atomic mass is 16.3. The fourth-order valence-electron chi connectivity index (χ4n) is 3.48. The number of carbonyl (C=O) groups excluding carboxylic acids is 1. The molecule has 0 bridgehead atoms. The Morgan fingerprint density at radius 3 is 2.81 bits per heavy atom. The van der Waals surface area contributed by atoms with E-state index in [0.29, 0.717) is 35.1 Å². The molecule has 160 valence electrons. The lowest BCUT2D eigenvalue weighted by Gasteiger charge is -2.36. The predicted molar refractivity (Wildman–Crippen MR) is 119 cm³/mol. The van der Waals surface area contributed by atoms with E-state index in [2.05, 4.69) is 25.2 Å². The Morgan fingerprint density at radius 2 is 2.03 bits per heavy atom. The lowest BCUT2D eigenvalue weighted by atomic mass is 10.1. The molecule has 0 radical (unpaired) electrons. The van der Waals surface area contributed by atoms with Crippen LogP contribution in [-0.2, 0) is 0 Å². The van der Waals surface area contributed by atoms with Gasteiger partial charge >= 0.3 is 0 Å². The molecule has 0 fully saturated rings. The number of hydrogen-bond donors (Lipinski definition) is 2. The molecular weight excluding hydrogens is 394 g/mol. The first-order valence-electron chi connectivity index (χ1n) is 10.1. The first-order valence-corrected chi connectivity index (χ1v) is 10.1. The van der Waals surface area contributed by atoms with Crippen LogP contribution in [0.2, 0.25) is 0 Å². The number of aryl methyl sites for hydroxylation is 1. The second-order valence-electron chi connectivity index (χ2n) is 7.59. The first kappa shape index (κ1) is 20.7. The molecule has 31 heavy (non-hydrogen) atoms. The number of aliphatic hydroxyl groups is 1. The Hall–Kier alpha value is -3.59. The minimum Gasteiger partial charge on any atom is -0.394 e. The highest BCUT2D eigenvalue weighted by Crippen LogP contribution is 2.37. The molecule has 4 rings (SSSR count). The topological polar surface area (TPSA) is 107 Å². The van der Waals surface area contributed by atoms with Crippen LogP contribution in [0, 0.1) is 6.92 Å². The van der Waals surface area contributed by atoms with Gasteiger partial charge in [-0.3, -0.25) is 9.78 Å². The van der Waals surface area contributed by atoms with E-state index in [0.717, 1.165) is 17.9 Å². The average Bonchev–Trinajstić information content (AvgIpc) is 2.79. The van der Waals surface area contributed by atoms with Crippen molar-refractivity contribution in [1.29, 1.82) is 0 Å². The minimum atomic E-state index is -0.360. The molecule has 1 atom stereocenters. The number of nitrogens with zero attached hydrogens (tertiary/aromatic N) is 6. The van der Waals surface area contributed by atoms with E-state index < -0.39 is 0 Å². The zero-order valence-electron chi connectivity index (χ0n) is 17.8. The molecule has 0 aliphatic carbocycles. The van der Waals surface area contributed by atoms with E-state index in [1.165, 1.54) is 6.20 Å². The van der Waals surface area contributed by atoms with Crippen molar-refractivity contribution in [2.75, 3.05) is 36.5 Å². The van der Waals surface area contributed by atoms with E-state index in [1.54, 1.807) is 25.4 Å². The maximum atomic E-state index is 12.8. The van der Waals surface area contributed by atoms with Crippen LogP contribution in [0.1, 0.15) is 23.0 Å². The van der Waals surface area contributed by atoms with Gasteiger partial charge in [0.1, 0.15) is 5.69 Å². The van der Waals surface area contributed by atoms with Crippen molar-refractivity contribution in [2.24, 2.45) is 0 Å². The maximum absolute atomic E-state index is 12.8. The number of aliphatic hydroxyl groups excluding tert-OH is 1. The zero-order valence-corrected chi connectivity index (χ0v) is 17.8. The maximum Gasteiger partial charge on any atom is 0.255 e. The van der Waals surface area contributed by atoms with Gasteiger partial charge in [0.15, 0.2) is 11.6 Å². The van der Waals surface area contributed by atoms with Gasteiger partial charge in [0.2, 0.25) is 0 Å². The highest BCUT2D eigenvalue weighted by molar-refractivity contribution is 6.01. The number of pyridine rings is 2. The highest BCUT2D eigenvalue weighted by Gasteiger charge is 2.28. The summed E-state index contributed by atoms with van der Waals surface area (Å²) in [5.74, 6) is 0.939. The van der Waals surface area contributed by atoms with Crippen LogP contribution in [0.5, 0.6) is 0 Å². The fraction of sp³-hybridized carbons (Fsp3) is 0.318. The number of amides is 1. The number of hydrogen-bond acceptors (Lipinski definition) is 8. The van der Waals surface area contributed by atoms with Gasteiger partial charge in [-0.25, -0.2) is 15.0 Å². The molecule has 1 aliphatic heterocycles. The van der Waals surface area contributed by atoms with Gasteiger partial charge in [-0.1, -0.05) is 6.07 Å². The summed E-state index contributed by atoms with van der Waals surface area (Å²) < 4.78 is 0. The Labute approximate surface area is 180 Å². The third-order valence-corrected chi connectivity index (χ3v) is 5.18. The van der Waals surface area contributed by atoms with Gasteiger partial charge in [0.25, 0.3) is 5.91 Å². The first-order chi connectivity index (χ1) is 15.0. The Balaban J connectivity index is 1.78. The van der Waals surface area contributed by atoms with Crippen LogP contribution >= 0.6 is 0 Å². The van der Waals surface area contributed by atoms with E-state index in [1.807, 2.05) is 37.1 Å². The van der Waals surface area contributed by atoms with Crippen molar-refractivity contribution in [1.82, 2.24) is 25.3 Å². The number of anilines is 3. The molecule has 0 aromatic carbocycles. The quantitative estimate of drug-likeness (QED) is 0.646. The molecule has 2 N–H and O–H groups in total. The molecule has 1 aliphatic rings. The van der Waals surface area contributed by atoms with Crippen molar-refractivity contribution >= 4 is 23.1 Å². The second kappa shape index (κ2) is 8.65. The number of carbonyl (C=O) groups is 1. The Morgan fingerprint density at radius 1 is 1.19 bits per heavy atom. The van der Waals surface area contributed by atoms with Crippen LogP contribution in [0.4, 0.5) is 17.2 Å². The summed E-state index contributed by atoms with van der Waals surface area (Å²) in [5, 5.41) is 12.1. The summed E-state index contributed by atoms with van der Waals surface area (Å²) in [6.07, 6.45) is 4.99. The van der Waals surface area contributed by atoms with E-state index in [9.17, 15) is 9.90 Å². The number of nitrogens with one attached hydrogen (secondary N) is 1. The van der Waals surface area contributed by atoms with Crippen LogP contribution in [0.3, 0.4) is 0 Å². The molecule has 3 aromatic rings. The number of rotatable bonds is 5. The number of aromatic nitrogens is 4. The molecule has 1 amide bonds. The lowest BCUT2D eigenvalue weighted by molar-refractivity contribution is 0.0922. The van der Waals surface area contributed by atoms with Gasteiger partial charge in [0, 0.05) is 44.3 Å². The fourth-order valence-corrected chi connectivity index (χ4v) is 3.48. The summed E-state index contributed by atoms with van der Waals surface area (Å²) in [6.45, 7) is 4.92. The van der Waals surface area contributed by atoms with Crippen LogP contribution in [0.25, 0.3) is 11.5 Å². The normalized spacial score (nSPS) is 14.2. The second-order valence-corrected chi connectivity index (χ2v) is 7.59. The average molecular weight is 419 g/mol. The van der Waals surface area contributed by atoms with E-state index in [4.69, 9.17) is 4.98 Å². The predicted octanol–water partition coefficient (Wildman–Crippen LogP) is 1.94. The van der Waals surface area contributed by atoms with Gasteiger partial charge < -0.3 is 20.2 Å². The Kier molecular flexibility index (Phi) is 5.77. The number of likely N-dealkylation sites (N-methyl/N-ethyl adjacent to an activating group) is 1. The molecule has 0 spiro atoms. The number of fused-ring (bicyclic) bond motifs is 1. The van der Waals surface area contributed by atoms with Gasteiger partial charge in [0.05, 0.1) is 29.7 Å². The summed E-state index contributed by atoms with van der Waals surface area (Å²) >= 11 is 0. The van der Waals surface area contributed by atoms with Crippen LogP contribution in [0.15, 0.2) is 42.9 Å². The lowest BCUT2D eigenvalue weighted by Crippen LogP contribution is -2.39. The van der Waals surface area contributed by atoms with Gasteiger partial charge in [-0.15, -0.1) is 0 Å². The summed E-state index contributed by atoms with van der Waals surface area (Å²) in [6, 6.07) is 7.18. The molecular formula is C22H25N7O2. The third-order valence-electron chi connectivity index (χ3n) is 5.18. The zero-order chi connectivity index (χ0) is 22.0. The van der Waals surface area contributed by atoms with E-state index in [-0.39, 0.29) is 18.6 Å². The molecule has 9 heteroatoms. The summed E-state index contributed by atoms with van der Waals surface area (Å²) in [4.78, 5) is 35.0. The largest absolute Gasteiger partial charge is 0.394 e. The van der Waals surface area contributed by atoms with Crippen molar-refractivity contribution < 1.29 is 9.90 Å². The summed E-state index contributed by atoms with van der Waals surface area (Å²) in [7, 11) is 1.99. The minimum absolute atomic E-state index is 0.140. The standard InChI is InChI=1S/C22H25N7O2/c1-14-5-4-6-17(25-14)20-24-12-19-21(27-20)29(10-9-28(19)3)18-7-8-23-11-16(18)22(31)26-15(2)13-30/h4-8,11-12,15,30H,9-10,13H2,1-3H3,(H,26,31). The molecule has 3 aromatic heterocycles.